The van der Waals surface area contributed by atoms with Gasteiger partial charge in [-0.1, -0.05) is 30.3 Å². The fourth-order valence-corrected chi connectivity index (χ4v) is 5.92. The van der Waals surface area contributed by atoms with Crippen molar-refractivity contribution in [2.45, 2.75) is 15.5 Å². The van der Waals surface area contributed by atoms with Crippen molar-refractivity contribution in [1.29, 1.82) is 0 Å². The number of hydrogen-bond acceptors (Lipinski definition) is 5. The van der Waals surface area contributed by atoms with Gasteiger partial charge in [-0.05, 0) is 30.7 Å². The van der Waals surface area contributed by atoms with Gasteiger partial charge in [-0.2, -0.15) is 0 Å². The highest BCUT2D eigenvalue weighted by molar-refractivity contribution is 7.93. The number of sulfone groups is 1. The van der Waals surface area contributed by atoms with Gasteiger partial charge in [-0.15, -0.1) is 11.3 Å². The van der Waals surface area contributed by atoms with Gasteiger partial charge >= 0.3 is 6.09 Å². The summed E-state index contributed by atoms with van der Waals surface area (Å²) in [7, 11) is -3.95. The van der Waals surface area contributed by atoms with E-state index in [1.807, 2.05) is 0 Å². The van der Waals surface area contributed by atoms with Crippen molar-refractivity contribution >= 4 is 33.6 Å². The first kappa shape index (κ1) is 20.7. The molecule has 0 unspecified atom stereocenters. The topological polar surface area (TPSA) is 101 Å². The number of thiophene rings is 1. The smallest absolute Gasteiger partial charge is 0.404 e. The predicted molar refractivity (Wildman–Crippen MR) is 107 cm³/mol. The molecule has 2 N–H and O–H groups in total. The Bertz CT molecular complexity index is 1160. The van der Waals surface area contributed by atoms with Gasteiger partial charge in [0.25, 0.3) is 0 Å². The zero-order valence-electron chi connectivity index (χ0n) is 15.0. The van der Waals surface area contributed by atoms with Crippen LogP contribution in [0.1, 0.15) is 15.2 Å². The van der Waals surface area contributed by atoms with E-state index >= 15 is 0 Å². The van der Waals surface area contributed by atoms with Gasteiger partial charge in [-0.3, -0.25) is 4.79 Å². The van der Waals surface area contributed by atoms with E-state index in [-0.39, 0.29) is 38.8 Å². The van der Waals surface area contributed by atoms with Crippen LogP contribution >= 0.6 is 11.3 Å². The highest BCUT2D eigenvalue weighted by Crippen LogP contribution is 2.39. The molecule has 1 heterocycles. The number of carbonyl (C=O) groups excluding carboxylic acids is 1. The number of carboxylic acid groups (broad SMARTS) is 1. The second-order valence-electron chi connectivity index (χ2n) is 6.04. The number of halogens is 1. The molecule has 9 heteroatoms. The zero-order chi connectivity index (χ0) is 21.0. The molecule has 2 aromatic carbocycles. The fourth-order valence-electron chi connectivity index (χ4n) is 2.78. The molecule has 0 bridgehead atoms. The van der Waals surface area contributed by atoms with Crippen LogP contribution in [0.25, 0.3) is 11.1 Å². The van der Waals surface area contributed by atoms with Crippen LogP contribution in [0.2, 0.25) is 0 Å². The summed E-state index contributed by atoms with van der Waals surface area (Å²) in [5.74, 6) is -0.806. The Kier molecular flexibility index (Phi) is 6.09. The van der Waals surface area contributed by atoms with Crippen LogP contribution < -0.4 is 5.32 Å². The van der Waals surface area contributed by atoms with Gasteiger partial charge in [0, 0.05) is 22.5 Å². The van der Waals surface area contributed by atoms with Crippen molar-refractivity contribution in [3.63, 3.8) is 0 Å². The van der Waals surface area contributed by atoms with Crippen LogP contribution in [-0.2, 0) is 16.3 Å². The van der Waals surface area contributed by atoms with Crippen molar-refractivity contribution in [2.75, 3.05) is 6.54 Å². The average Bonchev–Trinajstić information content (AvgIpc) is 3.13. The molecule has 0 aliphatic rings. The molecule has 0 spiro atoms. The van der Waals surface area contributed by atoms with E-state index in [4.69, 9.17) is 5.11 Å². The Hall–Kier alpha value is -3.04. The van der Waals surface area contributed by atoms with E-state index in [9.17, 15) is 22.4 Å². The Labute approximate surface area is 170 Å². The summed E-state index contributed by atoms with van der Waals surface area (Å²) in [4.78, 5) is 22.4. The van der Waals surface area contributed by atoms with E-state index < -0.39 is 21.7 Å². The van der Waals surface area contributed by atoms with Crippen LogP contribution in [0.3, 0.4) is 0 Å². The molecule has 0 saturated carbocycles. The number of amides is 1. The summed E-state index contributed by atoms with van der Waals surface area (Å²) >= 11 is 0.954. The third kappa shape index (κ3) is 4.36. The first-order valence-corrected chi connectivity index (χ1v) is 10.8. The number of hydrogen-bond donors (Lipinski definition) is 2. The summed E-state index contributed by atoms with van der Waals surface area (Å²) in [6, 6.07) is 13.5. The van der Waals surface area contributed by atoms with Gasteiger partial charge in [0.05, 0.1) is 10.5 Å². The van der Waals surface area contributed by atoms with E-state index in [2.05, 4.69) is 5.32 Å². The third-order valence-electron chi connectivity index (χ3n) is 4.14. The second kappa shape index (κ2) is 8.54. The summed E-state index contributed by atoms with van der Waals surface area (Å²) in [6.07, 6.45) is -0.582. The molecule has 0 radical (unpaired) electrons. The lowest BCUT2D eigenvalue weighted by atomic mass is 10.0. The highest BCUT2D eigenvalue weighted by atomic mass is 32.2. The van der Waals surface area contributed by atoms with E-state index in [1.165, 1.54) is 36.4 Å². The maximum Gasteiger partial charge on any atom is 0.404 e. The van der Waals surface area contributed by atoms with E-state index in [1.54, 1.807) is 18.2 Å². The van der Waals surface area contributed by atoms with Crippen molar-refractivity contribution in [1.82, 2.24) is 5.32 Å². The fraction of sp³-hybridized carbons (Fsp3) is 0.100. The molecule has 1 amide bonds. The zero-order valence-corrected chi connectivity index (χ0v) is 16.6. The molecular formula is C20H16FNO5S2. The van der Waals surface area contributed by atoms with Gasteiger partial charge in [-0.25, -0.2) is 17.6 Å². The summed E-state index contributed by atoms with van der Waals surface area (Å²) in [6.45, 7) is 0.0803. The van der Waals surface area contributed by atoms with Crippen LogP contribution in [0, 0.1) is 5.82 Å². The average molecular weight is 433 g/mol. The van der Waals surface area contributed by atoms with Crippen molar-refractivity contribution in [3.8, 4) is 11.1 Å². The Morgan fingerprint density at radius 3 is 2.48 bits per heavy atom. The number of nitrogens with one attached hydrogen (secondary N) is 1. The molecule has 3 aromatic rings. The van der Waals surface area contributed by atoms with Crippen LogP contribution in [0.15, 0.2) is 63.7 Å². The van der Waals surface area contributed by atoms with Crippen molar-refractivity contribution < 1.29 is 27.5 Å². The van der Waals surface area contributed by atoms with Crippen LogP contribution in [-0.4, -0.2) is 32.4 Å². The Morgan fingerprint density at radius 2 is 1.83 bits per heavy atom. The summed E-state index contributed by atoms with van der Waals surface area (Å²) in [5.41, 5.74) is -0.0333. The van der Waals surface area contributed by atoms with Gasteiger partial charge in [0.1, 0.15) is 10.0 Å². The van der Waals surface area contributed by atoms with Gasteiger partial charge in [0.2, 0.25) is 9.84 Å². The quantitative estimate of drug-likeness (QED) is 0.549. The molecule has 0 aliphatic carbocycles. The molecule has 0 saturated heterocycles. The normalized spacial score (nSPS) is 11.2. The summed E-state index contributed by atoms with van der Waals surface area (Å²) < 4.78 is 41.1. The number of aldehydes is 1. The Balaban J connectivity index is 2.15. The summed E-state index contributed by atoms with van der Waals surface area (Å²) in [5, 5.41) is 10.9. The highest BCUT2D eigenvalue weighted by Gasteiger charge is 2.27. The molecule has 1 aromatic heterocycles. The van der Waals surface area contributed by atoms with E-state index in [0.717, 1.165) is 11.3 Å². The predicted octanol–water partition coefficient (Wildman–Crippen LogP) is 4.01. The molecule has 0 aliphatic heterocycles. The lowest BCUT2D eigenvalue weighted by Gasteiger charge is -2.08. The Morgan fingerprint density at radius 1 is 1.10 bits per heavy atom. The lowest BCUT2D eigenvalue weighted by molar-refractivity contribution is 0.111. The number of carbonyl (C=O) groups is 2. The number of rotatable bonds is 7. The monoisotopic (exact) mass is 433 g/mol. The molecule has 0 atom stereocenters. The molecule has 0 fully saturated rings. The molecule has 3 rings (SSSR count). The van der Waals surface area contributed by atoms with Crippen molar-refractivity contribution in [3.05, 3.63) is 70.9 Å². The van der Waals surface area contributed by atoms with Crippen LogP contribution in [0.5, 0.6) is 0 Å². The molecular weight excluding hydrogens is 417 g/mol. The largest absolute Gasteiger partial charge is 0.465 e. The molecule has 6 nitrogen and oxygen atoms in total. The van der Waals surface area contributed by atoms with Gasteiger partial charge < -0.3 is 10.4 Å². The maximum atomic E-state index is 14.8. The third-order valence-corrected chi connectivity index (χ3v) is 7.64. The minimum atomic E-state index is -3.95. The van der Waals surface area contributed by atoms with E-state index in [0.29, 0.717) is 11.2 Å². The molecule has 150 valence electrons. The second-order valence-corrected chi connectivity index (χ2v) is 9.32. The lowest BCUT2D eigenvalue weighted by Crippen LogP contribution is -2.22. The maximum absolute atomic E-state index is 14.8. The minimum absolute atomic E-state index is 0.00204. The minimum Gasteiger partial charge on any atom is -0.465 e. The van der Waals surface area contributed by atoms with Gasteiger partial charge in [0.15, 0.2) is 6.29 Å². The van der Waals surface area contributed by atoms with Crippen LogP contribution in [0.4, 0.5) is 9.18 Å². The molecule has 29 heavy (non-hydrogen) atoms. The standard InChI is InChI=1S/C20H16FNO5S2/c21-18-13(12-23)5-4-8-16(18)17-11-14(9-10-22-20(24)25)28-19(17)29(26,27)15-6-2-1-3-7-15/h1-8,11-12,22H,9-10H2,(H,24,25). The first-order chi connectivity index (χ1) is 13.8. The first-order valence-electron chi connectivity index (χ1n) is 8.48. The van der Waals surface area contributed by atoms with Crippen molar-refractivity contribution in [2.24, 2.45) is 0 Å². The number of benzene rings is 2. The SMILES string of the molecule is O=Cc1cccc(-c2cc(CCNC(=O)O)sc2S(=O)(=O)c2ccccc2)c1F.